The van der Waals surface area contributed by atoms with E-state index >= 15 is 0 Å². The molecule has 0 radical (unpaired) electrons. The summed E-state index contributed by atoms with van der Waals surface area (Å²) in [6.07, 6.45) is 0. The van der Waals surface area contributed by atoms with Gasteiger partial charge < -0.3 is 15.4 Å². The molecular weight excluding hydrogens is 385 g/mol. The number of benzene rings is 2. The van der Waals surface area contributed by atoms with E-state index in [1.807, 2.05) is 0 Å². The summed E-state index contributed by atoms with van der Waals surface area (Å²) < 4.78 is 18.5. The number of ether oxygens (including phenoxy) is 1. The van der Waals surface area contributed by atoms with Gasteiger partial charge in [-0.25, -0.2) is 4.39 Å². The molecule has 2 aromatic rings. The molecule has 1 aliphatic rings. The summed E-state index contributed by atoms with van der Waals surface area (Å²) in [5, 5.41) is 0.366. The van der Waals surface area contributed by atoms with Crippen molar-refractivity contribution in [2.45, 2.75) is 6.54 Å². The maximum Gasteiger partial charge on any atom is 0.260 e. The molecule has 0 bridgehead atoms. The van der Waals surface area contributed by atoms with Crippen LogP contribution in [0.25, 0.3) is 0 Å². The highest BCUT2D eigenvalue weighted by Gasteiger charge is 2.22. The molecule has 6 nitrogen and oxygen atoms in total. The lowest BCUT2D eigenvalue weighted by molar-refractivity contribution is -0.135. The van der Waals surface area contributed by atoms with Crippen molar-refractivity contribution in [1.29, 1.82) is 0 Å². The molecule has 0 unspecified atom stereocenters. The second kappa shape index (κ2) is 9.03. The van der Waals surface area contributed by atoms with E-state index in [4.69, 9.17) is 22.1 Å². The SMILES string of the molecule is NC(=O)c1cc(Cl)ccc1OCC(=O)N1CCN(Cc2ccc(F)cc2)CC1. The van der Waals surface area contributed by atoms with Crippen LogP contribution in [0, 0.1) is 5.82 Å². The average Bonchev–Trinajstić information content (AvgIpc) is 2.69. The highest BCUT2D eigenvalue weighted by atomic mass is 35.5. The Morgan fingerprint density at radius 3 is 2.39 bits per heavy atom. The van der Waals surface area contributed by atoms with Crippen LogP contribution in [0.15, 0.2) is 42.5 Å². The summed E-state index contributed by atoms with van der Waals surface area (Å²) in [6.45, 7) is 3.12. The van der Waals surface area contributed by atoms with Gasteiger partial charge in [0, 0.05) is 37.7 Å². The van der Waals surface area contributed by atoms with Crippen LogP contribution in [0.5, 0.6) is 5.75 Å². The molecule has 0 atom stereocenters. The van der Waals surface area contributed by atoms with Gasteiger partial charge in [-0.1, -0.05) is 23.7 Å². The van der Waals surface area contributed by atoms with Crippen LogP contribution in [0.3, 0.4) is 0 Å². The van der Waals surface area contributed by atoms with E-state index < -0.39 is 5.91 Å². The van der Waals surface area contributed by atoms with E-state index in [2.05, 4.69) is 4.90 Å². The lowest BCUT2D eigenvalue weighted by atomic mass is 10.2. The lowest BCUT2D eigenvalue weighted by Crippen LogP contribution is -2.49. The number of nitrogens with two attached hydrogens (primary N) is 1. The van der Waals surface area contributed by atoms with E-state index in [1.165, 1.54) is 24.3 Å². The summed E-state index contributed by atoms with van der Waals surface area (Å²) in [5.74, 6) is -0.842. The number of amides is 2. The van der Waals surface area contributed by atoms with Crippen LogP contribution >= 0.6 is 11.6 Å². The number of hydrogen-bond acceptors (Lipinski definition) is 4. The minimum absolute atomic E-state index is 0.143. The molecule has 8 heteroatoms. The highest BCUT2D eigenvalue weighted by Crippen LogP contribution is 2.22. The average molecular weight is 406 g/mol. The number of halogens is 2. The largest absolute Gasteiger partial charge is 0.483 e. The van der Waals surface area contributed by atoms with Crippen molar-refractivity contribution in [3.05, 3.63) is 64.4 Å². The second-order valence-corrected chi connectivity index (χ2v) is 7.01. The molecule has 28 heavy (non-hydrogen) atoms. The van der Waals surface area contributed by atoms with Crippen molar-refractivity contribution >= 4 is 23.4 Å². The number of primary amides is 1. The maximum atomic E-state index is 13.0. The first-order valence-corrected chi connectivity index (χ1v) is 9.27. The third kappa shape index (κ3) is 5.21. The number of hydrogen-bond donors (Lipinski definition) is 1. The van der Waals surface area contributed by atoms with Gasteiger partial charge in [-0.15, -0.1) is 0 Å². The maximum absolute atomic E-state index is 13.0. The van der Waals surface area contributed by atoms with Crippen LogP contribution in [-0.2, 0) is 11.3 Å². The van der Waals surface area contributed by atoms with Crippen LogP contribution in [-0.4, -0.2) is 54.4 Å². The smallest absolute Gasteiger partial charge is 0.260 e. The monoisotopic (exact) mass is 405 g/mol. The number of piperazine rings is 1. The minimum Gasteiger partial charge on any atom is -0.483 e. The summed E-state index contributed by atoms with van der Waals surface area (Å²) in [5.41, 5.74) is 6.50. The predicted octanol–water partition coefficient (Wildman–Crippen LogP) is 2.30. The molecule has 3 rings (SSSR count). The lowest BCUT2D eigenvalue weighted by Gasteiger charge is -2.34. The van der Waals surface area contributed by atoms with Crippen molar-refractivity contribution in [2.75, 3.05) is 32.8 Å². The van der Waals surface area contributed by atoms with Gasteiger partial charge in [0.2, 0.25) is 0 Å². The van der Waals surface area contributed by atoms with Gasteiger partial charge in [0.25, 0.3) is 11.8 Å². The van der Waals surface area contributed by atoms with Crippen molar-refractivity contribution < 1.29 is 18.7 Å². The Balaban J connectivity index is 1.49. The fourth-order valence-corrected chi connectivity index (χ4v) is 3.23. The van der Waals surface area contributed by atoms with Gasteiger partial charge in [-0.05, 0) is 35.9 Å². The molecular formula is C20H21ClFN3O3. The van der Waals surface area contributed by atoms with E-state index in [0.29, 0.717) is 24.7 Å². The summed E-state index contributed by atoms with van der Waals surface area (Å²) in [6, 6.07) is 10.9. The molecule has 1 aliphatic heterocycles. The Bertz CT molecular complexity index is 852. The number of carbonyl (C=O) groups is 2. The molecule has 2 amide bonds. The first-order valence-electron chi connectivity index (χ1n) is 8.89. The van der Waals surface area contributed by atoms with E-state index in [1.54, 1.807) is 23.1 Å². The van der Waals surface area contributed by atoms with Crippen molar-refractivity contribution in [1.82, 2.24) is 9.80 Å². The van der Waals surface area contributed by atoms with Gasteiger partial charge in [0.1, 0.15) is 11.6 Å². The van der Waals surface area contributed by atoms with Gasteiger partial charge in [0.15, 0.2) is 6.61 Å². The third-order valence-corrected chi connectivity index (χ3v) is 4.84. The van der Waals surface area contributed by atoms with Crippen LogP contribution in [0.1, 0.15) is 15.9 Å². The van der Waals surface area contributed by atoms with Gasteiger partial charge >= 0.3 is 0 Å². The first-order chi connectivity index (χ1) is 13.4. The van der Waals surface area contributed by atoms with Gasteiger partial charge in [0.05, 0.1) is 5.56 Å². The fraction of sp³-hybridized carbons (Fsp3) is 0.300. The predicted molar refractivity (Wildman–Crippen MR) is 104 cm³/mol. The van der Waals surface area contributed by atoms with Crippen LogP contribution < -0.4 is 10.5 Å². The van der Waals surface area contributed by atoms with Crippen molar-refractivity contribution in [3.63, 3.8) is 0 Å². The van der Waals surface area contributed by atoms with Crippen LogP contribution in [0.4, 0.5) is 4.39 Å². The number of nitrogens with zero attached hydrogens (tertiary/aromatic N) is 2. The topological polar surface area (TPSA) is 75.9 Å². The van der Waals surface area contributed by atoms with Crippen molar-refractivity contribution in [2.24, 2.45) is 5.73 Å². The molecule has 1 fully saturated rings. The number of rotatable bonds is 6. The molecule has 0 saturated carbocycles. The van der Waals surface area contributed by atoms with E-state index in [-0.39, 0.29) is 29.6 Å². The Hall–Kier alpha value is -2.64. The zero-order valence-electron chi connectivity index (χ0n) is 15.2. The van der Waals surface area contributed by atoms with Crippen molar-refractivity contribution in [3.8, 4) is 5.75 Å². The quantitative estimate of drug-likeness (QED) is 0.800. The highest BCUT2D eigenvalue weighted by molar-refractivity contribution is 6.31. The molecule has 1 heterocycles. The van der Waals surface area contributed by atoms with E-state index in [0.717, 1.165) is 18.7 Å². The summed E-state index contributed by atoms with van der Waals surface area (Å²) in [7, 11) is 0. The van der Waals surface area contributed by atoms with Gasteiger partial charge in [-0.3, -0.25) is 14.5 Å². The van der Waals surface area contributed by atoms with Gasteiger partial charge in [-0.2, -0.15) is 0 Å². The Labute approximate surface area is 167 Å². The molecule has 0 aromatic heterocycles. The molecule has 2 aromatic carbocycles. The molecule has 0 aliphatic carbocycles. The molecule has 0 spiro atoms. The zero-order chi connectivity index (χ0) is 20.1. The molecule has 148 valence electrons. The summed E-state index contributed by atoms with van der Waals surface area (Å²) in [4.78, 5) is 27.8. The standard InChI is InChI=1S/C20H21ClFN3O3/c21-15-3-6-18(17(11-15)20(23)27)28-13-19(26)25-9-7-24(8-10-25)12-14-1-4-16(22)5-2-14/h1-6,11H,7-10,12-13H2,(H2,23,27). The zero-order valence-corrected chi connectivity index (χ0v) is 16.0. The Kier molecular flexibility index (Phi) is 6.49. The third-order valence-electron chi connectivity index (χ3n) is 4.60. The first kappa shape index (κ1) is 20.1. The Morgan fingerprint density at radius 1 is 1.07 bits per heavy atom. The number of carbonyl (C=O) groups excluding carboxylic acids is 2. The normalized spacial score (nSPS) is 14.7. The molecule has 1 saturated heterocycles. The summed E-state index contributed by atoms with van der Waals surface area (Å²) >= 11 is 5.86. The Morgan fingerprint density at radius 2 is 1.75 bits per heavy atom. The molecule has 2 N–H and O–H groups in total. The van der Waals surface area contributed by atoms with E-state index in [9.17, 15) is 14.0 Å². The minimum atomic E-state index is -0.667. The fourth-order valence-electron chi connectivity index (χ4n) is 3.05. The van der Waals surface area contributed by atoms with Crippen LogP contribution in [0.2, 0.25) is 5.02 Å². The second-order valence-electron chi connectivity index (χ2n) is 6.58.